The van der Waals surface area contributed by atoms with Crippen LogP contribution < -0.4 is 15.7 Å². The molecule has 0 aliphatic heterocycles. The molecule has 5 nitrogen and oxygen atoms in total. The number of halogens is 2. The number of amides is 1. The zero-order valence-electron chi connectivity index (χ0n) is 14.0. The summed E-state index contributed by atoms with van der Waals surface area (Å²) >= 11 is 11.9. The number of ether oxygens (including phenoxy) is 1. The van der Waals surface area contributed by atoms with Crippen molar-refractivity contribution >= 4 is 45.8 Å². The van der Waals surface area contributed by atoms with Gasteiger partial charge in [0.25, 0.3) is 5.91 Å². The highest BCUT2D eigenvalue weighted by Gasteiger charge is 2.15. The molecule has 0 atom stereocenters. The van der Waals surface area contributed by atoms with Gasteiger partial charge in [-0.25, -0.2) is 4.79 Å². The number of carbonyl (C=O) groups excluding carboxylic acids is 1. The fraction of sp³-hybridized carbons (Fsp3) is 0.158. The van der Waals surface area contributed by atoms with Gasteiger partial charge < -0.3 is 14.5 Å². The number of hydrogen-bond donors (Lipinski definition) is 1. The number of anilines is 1. The molecule has 0 radical (unpaired) electrons. The predicted molar refractivity (Wildman–Crippen MR) is 103 cm³/mol. The number of nitrogens with one attached hydrogen (secondary N) is 1. The minimum absolute atomic E-state index is 0.0299. The van der Waals surface area contributed by atoms with Crippen LogP contribution in [0, 0.1) is 0 Å². The Hall–Kier alpha value is -2.50. The zero-order valence-corrected chi connectivity index (χ0v) is 15.5. The highest BCUT2D eigenvalue weighted by Crippen LogP contribution is 2.27. The summed E-state index contributed by atoms with van der Waals surface area (Å²) in [4.78, 5) is 24.5. The summed E-state index contributed by atoms with van der Waals surface area (Å²) in [5.74, 6) is 0.0682. The molecule has 0 aliphatic carbocycles. The van der Waals surface area contributed by atoms with Crippen LogP contribution in [0.3, 0.4) is 0 Å². The SMILES string of the molecule is CC(C)Oc1ccc2c(C(=O)Nc3ccc(Cl)cc3Cl)cc(=O)oc2c1. The molecule has 0 aliphatic rings. The van der Waals surface area contributed by atoms with E-state index in [9.17, 15) is 9.59 Å². The quantitative estimate of drug-likeness (QED) is 0.625. The van der Waals surface area contributed by atoms with E-state index in [0.717, 1.165) is 6.07 Å². The number of fused-ring (bicyclic) bond motifs is 1. The van der Waals surface area contributed by atoms with E-state index in [0.29, 0.717) is 26.9 Å². The van der Waals surface area contributed by atoms with Crippen molar-refractivity contribution in [3.05, 3.63) is 68.5 Å². The van der Waals surface area contributed by atoms with Crippen LogP contribution in [0.25, 0.3) is 11.0 Å². The van der Waals surface area contributed by atoms with Gasteiger partial charge in [-0.15, -0.1) is 0 Å². The molecule has 0 saturated heterocycles. The van der Waals surface area contributed by atoms with Gasteiger partial charge in [0.05, 0.1) is 22.4 Å². The lowest BCUT2D eigenvalue weighted by Gasteiger charge is -2.12. The molecule has 1 N–H and O–H groups in total. The van der Waals surface area contributed by atoms with Gasteiger partial charge in [-0.2, -0.15) is 0 Å². The van der Waals surface area contributed by atoms with Gasteiger partial charge in [0, 0.05) is 22.5 Å². The maximum absolute atomic E-state index is 12.7. The molecule has 0 saturated carbocycles. The highest BCUT2D eigenvalue weighted by molar-refractivity contribution is 6.37. The molecule has 1 amide bonds. The van der Waals surface area contributed by atoms with Crippen LogP contribution in [0.4, 0.5) is 5.69 Å². The number of carbonyl (C=O) groups is 1. The molecule has 1 aromatic heterocycles. The normalized spacial score (nSPS) is 11.0. The van der Waals surface area contributed by atoms with Gasteiger partial charge in [-0.3, -0.25) is 4.79 Å². The second kappa shape index (κ2) is 7.40. The van der Waals surface area contributed by atoms with Crippen LogP contribution in [0.5, 0.6) is 5.75 Å². The Kier molecular flexibility index (Phi) is 5.20. The Labute approximate surface area is 159 Å². The first-order valence-electron chi connectivity index (χ1n) is 7.84. The van der Waals surface area contributed by atoms with Crippen LogP contribution in [0.1, 0.15) is 24.2 Å². The van der Waals surface area contributed by atoms with Crippen LogP contribution in [0.2, 0.25) is 10.0 Å². The van der Waals surface area contributed by atoms with Crippen molar-refractivity contribution in [1.82, 2.24) is 0 Å². The van der Waals surface area contributed by atoms with Gasteiger partial charge in [0.2, 0.25) is 0 Å². The topological polar surface area (TPSA) is 68.5 Å². The van der Waals surface area contributed by atoms with Crippen molar-refractivity contribution in [2.45, 2.75) is 20.0 Å². The van der Waals surface area contributed by atoms with Gasteiger partial charge in [-0.05, 0) is 44.2 Å². The van der Waals surface area contributed by atoms with Crippen molar-refractivity contribution in [2.24, 2.45) is 0 Å². The molecule has 0 fully saturated rings. The molecule has 0 unspecified atom stereocenters. The summed E-state index contributed by atoms with van der Waals surface area (Å²) in [6.45, 7) is 3.78. The molecule has 26 heavy (non-hydrogen) atoms. The average molecular weight is 392 g/mol. The second-order valence-corrected chi connectivity index (χ2v) is 6.73. The van der Waals surface area contributed by atoms with E-state index in [-0.39, 0.29) is 17.3 Å². The summed E-state index contributed by atoms with van der Waals surface area (Å²) in [6.07, 6.45) is -0.0299. The minimum atomic E-state index is -0.633. The lowest BCUT2D eigenvalue weighted by Crippen LogP contribution is -2.15. The second-order valence-electron chi connectivity index (χ2n) is 5.88. The largest absolute Gasteiger partial charge is 0.491 e. The Morgan fingerprint density at radius 1 is 1.12 bits per heavy atom. The molecule has 134 valence electrons. The van der Waals surface area contributed by atoms with Crippen molar-refractivity contribution in [2.75, 3.05) is 5.32 Å². The summed E-state index contributed by atoms with van der Waals surface area (Å²) < 4.78 is 10.8. The highest BCUT2D eigenvalue weighted by atomic mass is 35.5. The minimum Gasteiger partial charge on any atom is -0.491 e. The maximum atomic E-state index is 12.7. The Morgan fingerprint density at radius 2 is 1.88 bits per heavy atom. The number of hydrogen-bond acceptors (Lipinski definition) is 4. The van der Waals surface area contributed by atoms with E-state index in [4.69, 9.17) is 32.4 Å². The standard InChI is InChI=1S/C19H15Cl2NO4/c1-10(2)25-12-4-5-13-14(9-18(23)26-17(13)8-12)19(24)22-16-6-3-11(20)7-15(16)21/h3-10H,1-2H3,(H,22,24). The lowest BCUT2D eigenvalue weighted by atomic mass is 10.1. The van der Waals surface area contributed by atoms with Gasteiger partial charge in [0.1, 0.15) is 11.3 Å². The third kappa shape index (κ3) is 4.00. The lowest BCUT2D eigenvalue weighted by molar-refractivity contribution is 0.102. The Bertz CT molecular complexity index is 1040. The first kappa shape index (κ1) is 18.3. The molecular weight excluding hydrogens is 377 g/mol. The van der Waals surface area contributed by atoms with Crippen LogP contribution >= 0.6 is 23.2 Å². The van der Waals surface area contributed by atoms with Crippen LogP contribution in [-0.4, -0.2) is 12.0 Å². The molecule has 0 bridgehead atoms. The third-order valence-electron chi connectivity index (χ3n) is 3.51. The van der Waals surface area contributed by atoms with Gasteiger partial charge in [-0.1, -0.05) is 23.2 Å². The van der Waals surface area contributed by atoms with Crippen molar-refractivity contribution in [1.29, 1.82) is 0 Å². The first-order valence-corrected chi connectivity index (χ1v) is 8.60. The summed E-state index contributed by atoms with van der Waals surface area (Å²) in [6, 6.07) is 10.8. The number of benzene rings is 2. The molecule has 0 spiro atoms. The smallest absolute Gasteiger partial charge is 0.337 e. The van der Waals surface area contributed by atoms with E-state index < -0.39 is 11.5 Å². The predicted octanol–water partition coefficient (Wildman–Crippen LogP) is 5.14. The molecule has 3 rings (SSSR count). The van der Waals surface area contributed by atoms with Gasteiger partial charge in [0.15, 0.2) is 0 Å². The fourth-order valence-electron chi connectivity index (χ4n) is 2.46. The third-order valence-corrected chi connectivity index (χ3v) is 4.06. The van der Waals surface area contributed by atoms with Crippen LogP contribution in [0.15, 0.2) is 51.7 Å². The van der Waals surface area contributed by atoms with Crippen LogP contribution in [-0.2, 0) is 0 Å². The van der Waals surface area contributed by atoms with Gasteiger partial charge >= 0.3 is 5.63 Å². The van der Waals surface area contributed by atoms with E-state index >= 15 is 0 Å². The van der Waals surface area contributed by atoms with Crippen molar-refractivity contribution in [3.63, 3.8) is 0 Å². The van der Waals surface area contributed by atoms with E-state index in [1.165, 1.54) is 6.07 Å². The fourth-order valence-corrected chi connectivity index (χ4v) is 2.91. The Balaban J connectivity index is 2.00. The average Bonchev–Trinajstić information content (AvgIpc) is 2.55. The Morgan fingerprint density at radius 3 is 2.58 bits per heavy atom. The monoisotopic (exact) mass is 391 g/mol. The van der Waals surface area contributed by atoms with Crippen molar-refractivity contribution in [3.8, 4) is 5.75 Å². The molecule has 1 heterocycles. The molecule has 3 aromatic rings. The first-order chi connectivity index (χ1) is 12.3. The maximum Gasteiger partial charge on any atom is 0.337 e. The molecule has 2 aromatic carbocycles. The van der Waals surface area contributed by atoms with E-state index in [1.807, 2.05) is 13.8 Å². The van der Waals surface area contributed by atoms with Crippen molar-refractivity contribution < 1.29 is 13.9 Å². The van der Waals surface area contributed by atoms with E-state index in [1.54, 1.807) is 30.3 Å². The zero-order chi connectivity index (χ0) is 18.8. The summed E-state index contributed by atoms with van der Waals surface area (Å²) in [5, 5.41) is 3.92. The van der Waals surface area contributed by atoms with E-state index in [2.05, 4.69) is 5.32 Å². The molecule has 7 heteroatoms. The number of rotatable bonds is 4. The summed E-state index contributed by atoms with van der Waals surface area (Å²) in [7, 11) is 0. The molecular formula is C19H15Cl2NO4. The summed E-state index contributed by atoms with van der Waals surface area (Å²) in [5.41, 5.74) is 0.204.